The fraction of sp³-hybridized carbons (Fsp3) is 0.333. The summed E-state index contributed by atoms with van der Waals surface area (Å²) in [6, 6.07) is 11.7. The molecule has 2 nitrogen and oxygen atoms in total. The molecule has 0 N–H and O–H groups in total. The summed E-state index contributed by atoms with van der Waals surface area (Å²) in [6.07, 6.45) is 6.56. The van der Waals surface area contributed by atoms with Gasteiger partial charge in [0.05, 0.1) is 11.4 Å². The molecule has 94 valence electrons. The van der Waals surface area contributed by atoms with Gasteiger partial charge in [0.25, 0.3) is 0 Å². The van der Waals surface area contributed by atoms with Crippen molar-refractivity contribution in [1.29, 1.82) is 0 Å². The van der Waals surface area contributed by atoms with Crippen LogP contribution in [-0.4, -0.2) is 9.97 Å². The summed E-state index contributed by atoms with van der Waals surface area (Å²) in [5.41, 5.74) is 1.75. The summed E-state index contributed by atoms with van der Waals surface area (Å²) >= 11 is 6.84. The fourth-order valence-electron chi connectivity index (χ4n) is 2.00. The van der Waals surface area contributed by atoms with Gasteiger partial charge in [-0.3, -0.25) is 9.97 Å². The Bertz CT molecular complexity index is 431. The summed E-state index contributed by atoms with van der Waals surface area (Å²) < 4.78 is 0. The third-order valence-electron chi connectivity index (χ3n) is 3.02. The van der Waals surface area contributed by atoms with E-state index >= 15 is 0 Å². The summed E-state index contributed by atoms with van der Waals surface area (Å²) in [6.45, 7) is 2.16. The molecule has 0 aliphatic rings. The minimum absolute atomic E-state index is 0.613. The summed E-state index contributed by atoms with van der Waals surface area (Å²) in [7, 11) is 0. The van der Waals surface area contributed by atoms with Gasteiger partial charge < -0.3 is 0 Å². The van der Waals surface area contributed by atoms with Crippen LogP contribution in [0.5, 0.6) is 0 Å². The molecule has 0 aliphatic heterocycles. The minimum atomic E-state index is -0.613. The molecular weight excluding hydrogens is 244 g/mol. The number of aromatic nitrogens is 2. The van der Waals surface area contributed by atoms with E-state index in [1.165, 1.54) is 0 Å². The van der Waals surface area contributed by atoms with Crippen molar-refractivity contribution in [2.24, 2.45) is 0 Å². The lowest BCUT2D eigenvalue weighted by molar-refractivity contribution is 0.572. The van der Waals surface area contributed by atoms with Crippen molar-refractivity contribution < 1.29 is 0 Å². The first-order chi connectivity index (χ1) is 8.77. The van der Waals surface area contributed by atoms with Crippen molar-refractivity contribution >= 4 is 11.6 Å². The van der Waals surface area contributed by atoms with Crippen LogP contribution in [0.2, 0.25) is 0 Å². The van der Waals surface area contributed by atoms with Crippen LogP contribution in [0.1, 0.15) is 37.6 Å². The van der Waals surface area contributed by atoms with E-state index in [0.717, 1.165) is 30.7 Å². The van der Waals surface area contributed by atoms with E-state index in [1.54, 1.807) is 12.4 Å². The zero-order valence-corrected chi connectivity index (χ0v) is 11.3. The van der Waals surface area contributed by atoms with E-state index in [2.05, 4.69) is 16.9 Å². The molecule has 0 spiro atoms. The number of nitrogens with zero attached hydrogens (tertiary/aromatic N) is 2. The van der Waals surface area contributed by atoms with Crippen molar-refractivity contribution in [2.45, 2.75) is 31.1 Å². The molecule has 0 amide bonds. The highest BCUT2D eigenvalue weighted by molar-refractivity contribution is 6.25. The van der Waals surface area contributed by atoms with Crippen molar-refractivity contribution in [3.8, 4) is 0 Å². The minimum Gasteiger partial charge on any atom is -0.259 e. The van der Waals surface area contributed by atoms with E-state index in [1.807, 2.05) is 36.4 Å². The predicted octanol–water partition coefficient (Wildman–Crippen LogP) is 4.15. The fourth-order valence-corrected chi connectivity index (χ4v) is 2.36. The van der Waals surface area contributed by atoms with E-state index < -0.39 is 4.87 Å². The average molecular weight is 261 g/mol. The second-order valence-electron chi connectivity index (χ2n) is 4.33. The highest BCUT2D eigenvalue weighted by Crippen LogP contribution is 2.38. The number of alkyl halides is 1. The molecule has 18 heavy (non-hydrogen) atoms. The molecule has 0 saturated carbocycles. The Kier molecular flexibility index (Phi) is 4.32. The Hall–Kier alpha value is -1.41. The van der Waals surface area contributed by atoms with Crippen LogP contribution in [0.25, 0.3) is 0 Å². The van der Waals surface area contributed by atoms with E-state index in [-0.39, 0.29) is 0 Å². The van der Waals surface area contributed by atoms with E-state index in [4.69, 9.17) is 11.6 Å². The van der Waals surface area contributed by atoms with Gasteiger partial charge in [-0.15, -0.1) is 11.6 Å². The summed E-state index contributed by atoms with van der Waals surface area (Å²) in [5.74, 6) is 0. The lowest BCUT2D eigenvalue weighted by Crippen LogP contribution is -2.23. The quantitative estimate of drug-likeness (QED) is 0.755. The highest BCUT2D eigenvalue weighted by Gasteiger charge is 2.33. The maximum absolute atomic E-state index is 6.84. The van der Waals surface area contributed by atoms with Crippen LogP contribution < -0.4 is 0 Å². The smallest absolute Gasteiger partial charge is 0.128 e. The molecule has 0 saturated heterocycles. The van der Waals surface area contributed by atoms with Crippen LogP contribution in [0, 0.1) is 0 Å². The molecule has 0 unspecified atom stereocenters. The standard InChI is InChI=1S/C15H17ClN2/c1-2-3-10-15(16,13-8-4-6-11-17-13)14-9-5-7-12-18-14/h4-9,11-12H,2-3,10H2,1H3. The molecule has 2 aromatic heterocycles. The Morgan fingerprint density at radius 3 is 1.94 bits per heavy atom. The molecule has 0 aromatic carbocycles. The topological polar surface area (TPSA) is 25.8 Å². The van der Waals surface area contributed by atoms with Gasteiger partial charge in [0.2, 0.25) is 0 Å². The predicted molar refractivity (Wildman–Crippen MR) is 74.6 cm³/mol. The van der Waals surface area contributed by atoms with Crippen molar-refractivity contribution in [3.05, 3.63) is 60.2 Å². The van der Waals surface area contributed by atoms with Gasteiger partial charge in [-0.1, -0.05) is 31.9 Å². The van der Waals surface area contributed by atoms with Crippen molar-refractivity contribution in [2.75, 3.05) is 0 Å². The Morgan fingerprint density at radius 2 is 1.56 bits per heavy atom. The third kappa shape index (κ3) is 2.70. The summed E-state index contributed by atoms with van der Waals surface area (Å²) in [4.78, 5) is 8.20. The van der Waals surface area contributed by atoms with Gasteiger partial charge in [-0.05, 0) is 30.7 Å². The van der Waals surface area contributed by atoms with Crippen LogP contribution >= 0.6 is 11.6 Å². The Morgan fingerprint density at radius 1 is 1.00 bits per heavy atom. The SMILES string of the molecule is CCCCC(Cl)(c1ccccn1)c1ccccn1. The molecule has 0 fully saturated rings. The number of hydrogen-bond acceptors (Lipinski definition) is 2. The molecule has 0 bridgehead atoms. The second-order valence-corrected chi connectivity index (χ2v) is 4.98. The van der Waals surface area contributed by atoms with Gasteiger partial charge in [0.15, 0.2) is 0 Å². The molecule has 2 heterocycles. The first kappa shape index (κ1) is 13.0. The van der Waals surface area contributed by atoms with Crippen molar-refractivity contribution in [1.82, 2.24) is 9.97 Å². The number of unbranched alkanes of at least 4 members (excludes halogenated alkanes) is 1. The monoisotopic (exact) mass is 260 g/mol. The second kappa shape index (κ2) is 5.96. The lowest BCUT2D eigenvalue weighted by Gasteiger charge is -2.25. The number of hydrogen-bond donors (Lipinski definition) is 0. The van der Waals surface area contributed by atoms with Gasteiger partial charge in [0, 0.05) is 12.4 Å². The van der Waals surface area contributed by atoms with Crippen LogP contribution in [-0.2, 0) is 4.87 Å². The van der Waals surface area contributed by atoms with E-state index in [9.17, 15) is 0 Å². The lowest BCUT2D eigenvalue weighted by atomic mass is 9.93. The molecule has 0 radical (unpaired) electrons. The number of rotatable bonds is 5. The maximum atomic E-state index is 6.84. The Balaban J connectivity index is 2.41. The normalized spacial score (nSPS) is 11.4. The van der Waals surface area contributed by atoms with Gasteiger partial charge in [0.1, 0.15) is 4.87 Å². The first-order valence-corrected chi connectivity index (χ1v) is 6.67. The highest BCUT2D eigenvalue weighted by atomic mass is 35.5. The molecule has 0 aliphatic carbocycles. The maximum Gasteiger partial charge on any atom is 0.128 e. The molecule has 2 rings (SSSR count). The van der Waals surface area contributed by atoms with Crippen LogP contribution in [0.15, 0.2) is 48.8 Å². The number of pyridine rings is 2. The molecular formula is C15H17ClN2. The van der Waals surface area contributed by atoms with Crippen LogP contribution in [0.3, 0.4) is 0 Å². The van der Waals surface area contributed by atoms with Crippen LogP contribution in [0.4, 0.5) is 0 Å². The van der Waals surface area contributed by atoms with Crippen molar-refractivity contribution in [3.63, 3.8) is 0 Å². The van der Waals surface area contributed by atoms with Gasteiger partial charge >= 0.3 is 0 Å². The van der Waals surface area contributed by atoms with E-state index in [0.29, 0.717) is 0 Å². The zero-order valence-electron chi connectivity index (χ0n) is 10.5. The number of halogens is 1. The van der Waals surface area contributed by atoms with Gasteiger partial charge in [-0.2, -0.15) is 0 Å². The molecule has 2 aromatic rings. The molecule has 0 atom stereocenters. The largest absolute Gasteiger partial charge is 0.259 e. The van der Waals surface area contributed by atoms with Gasteiger partial charge in [-0.25, -0.2) is 0 Å². The zero-order chi connectivity index (χ0) is 12.8. The average Bonchev–Trinajstić information content (AvgIpc) is 2.46. The molecule has 3 heteroatoms. The summed E-state index contributed by atoms with van der Waals surface area (Å²) in [5, 5.41) is 0. The first-order valence-electron chi connectivity index (χ1n) is 6.29. The third-order valence-corrected chi connectivity index (χ3v) is 3.59. The Labute approximate surface area is 113 Å².